The van der Waals surface area contributed by atoms with Crippen molar-refractivity contribution >= 4 is 29.0 Å². The Morgan fingerprint density at radius 1 is 1.26 bits per heavy atom. The van der Waals surface area contributed by atoms with Gasteiger partial charge in [-0.1, -0.05) is 36.0 Å². The van der Waals surface area contributed by atoms with Crippen LogP contribution in [0.1, 0.15) is 5.56 Å². The Kier molecular flexibility index (Phi) is 5.04. The molecular formula is C15H12FN3O2S2. The molecule has 0 radical (unpaired) electrons. The van der Waals surface area contributed by atoms with Crippen molar-refractivity contribution in [2.75, 3.05) is 5.75 Å². The Morgan fingerprint density at radius 2 is 2.13 bits per heavy atom. The van der Waals surface area contributed by atoms with Crippen molar-refractivity contribution in [1.82, 2.24) is 15.5 Å². The molecule has 8 heteroatoms. The molecule has 0 fully saturated rings. The van der Waals surface area contributed by atoms with E-state index in [1.54, 1.807) is 18.2 Å². The fraction of sp³-hybridized carbons (Fsp3) is 0.133. The van der Waals surface area contributed by atoms with Crippen LogP contribution in [0.25, 0.3) is 10.8 Å². The number of halogens is 1. The summed E-state index contributed by atoms with van der Waals surface area (Å²) < 4.78 is 18.9. The van der Waals surface area contributed by atoms with E-state index in [1.807, 2.05) is 17.5 Å². The average molecular weight is 349 g/mol. The quantitative estimate of drug-likeness (QED) is 0.691. The molecule has 0 saturated heterocycles. The number of carbonyl (C=O) groups is 1. The van der Waals surface area contributed by atoms with E-state index in [0.29, 0.717) is 16.7 Å². The van der Waals surface area contributed by atoms with Crippen LogP contribution >= 0.6 is 23.1 Å². The van der Waals surface area contributed by atoms with Crippen LogP contribution in [-0.2, 0) is 11.3 Å². The average Bonchev–Trinajstić information content (AvgIpc) is 3.23. The first-order valence-corrected chi connectivity index (χ1v) is 8.59. The van der Waals surface area contributed by atoms with Gasteiger partial charge in [0.25, 0.3) is 11.1 Å². The second-order valence-electron chi connectivity index (χ2n) is 4.51. The van der Waals surface area contributed by atoms with Crippen LogP contribution in [0.5, 0.6) is 0 Å². The van der Waals surface area contributed by atoms with E-state index >= 15 is 0 Å². The maximum Gasteiger partial charge on any atom is 0.277 e. The molecule has 23 heavy (non-hydrogen) atoms. The first-order chi connectivity index (χ1) is 11.2. The summed E-state index contributed by atoms with van der Waals surface area (Å²) in [5.74, 6) is 0.00176. The molecule has 1 N–H and O–H groups in total. The molecule has 0 atom stereocenters. The van der Waals surface area contributed by atoms with Gasteiger partial charge in [0.1, 0.15) is 5.82 Å². The van der Waals surface area contributed by atoms with Crippen LogP contribution in [0.2, 0.25) is 0 Å². The number of thioether (sulfide) groups is 1. The fourth-order valence-electron chi connectivity index (χ4n) is 1.78. The predicted molar refractivity (Wildman–Crippen MR) is 86.6 cm³/mol. The second kappa shape index (κ2) is 7.38. The van der Waals surface area contributed by atoms with E-state index in [4.69, 9.17) is 4.42 Å². The number of aromatic nitrogens is 2. The van der Waals surface area contributed by atoms with Crippen molar-refractivity contribution in [3.63, 3.8) is 0 Å². The Bertz CT molecular complexity index is 790. The minimum Gasteiger partial charge on any atom is -0.410 e. The van der Waals surface area contributed by atoms with E-state index in [2.05, 4.69) is 15.5 Å². The molecule has 3 aromatic rings. The minimum atomic E-state index is -0.335. The lowest BCUT2D eigenvalue weighted by Crippen LogP contribution is -2.25. The number of benzene rings is 1. The third-order valence-corrected chi connectivity index (χ3v) is 4.58. The molecule has 0 unspecified atom stereocenters. The lowest BCUT2D eigenvalue weighted by molar-refractivity contribution is -0.118. The molecule has 118 valence electrons. The summed E-state index contributed by atoms with van der Waals surface area (Å²) in [4.78, 5) is 12.7. The summed E-state index contributed by atoms with van der Waals surface area (Å²) in [6, 6.07) is 10.1. The van der Waals surface area contributed by atoms with Gasteiger partial charge in [-0.05, 0) is 17.5 Å². The largest absolute Gasteiger partial charge is 0.410 e. The molecule has 0 spiro atoms. The topological polar surface area (TPSA) is 68.0 Å². The number of hydrogen-bond donors (Lipinski definition) is 1. The summed E-state index contributed by atoms with van der Waals surface area (Å²) in [6.45, 7) is 0.149. The van der Waals surface area contributed by atoms with Crippen LogP contribution < -0.4 is 5.32 Å². The van der Waals surface area contributed by atoms with Gasteiger partial charge < -0.3 is 9.73 Å². The molecule has 3 rings (SSSR count). The number of nitrogens with one attached hydrogen (secondary N) is 1. The monoisotopic (exact) mass is 349 g/mol. The Hall–Kier alpha value is -2.19. The van der Waals surface area contributed by atoms with Gasteiger partial charge in [-0.3, -0.25) is 4.79 Å². The number of amides is 1. The van der Waals surface area contributed by atoms with E-state index in [9.17, 15) is 9.18 Å². The smallest absolute Gasteiger partial charge is 0.277 e. The summed E-state index contributed by atoms with van der Waals surface area (Å²) >= 11 is 2.65. The standard InChI is InChI=1S/C15H12FN3O2S2/c16-11-5-2-1-4-10(11)8-17-13(20)9-23-15-19-18-14(21-15)12-6-3-7-22-12/h1-7H,8-9H2,(H,17,20). The highest BCUT2D eigenvalue weighted by molar-refractivity contribution is 7.99. The number of rotatable bonds is 6. The number of nitrogens with zero attached hydrogens (tertiary/aromatic N) is 2. The molecule has 0 saturated carbocycles. The van der Waals surface area contributed by atoms with Gasteiger partial charge in [-0.25, -0.2) is 4.39 Å². The van der Waals surface area contributed by atoms with Gasteiger partial charge in [-0.15, -0.1) is 21.5 Å². The molecule has 0 aliphatic heterocycles. The zero-order valence-corrected chi connectivity index (χ0v) is 13.5. The SMILES string of the molecule is O=C(CSc1nnc(-c2cccs2)o1)NCc1ccccc1F. The van der Waals surface area contributed by atoms with Gasteiger partial charge >= 0.3 is 0 Å². The van der Waals surface area contributed by atoms with Crippen LogP contribution in [0.4, 0.5) is 4.39 Å². The number of thiophene rings is 1. The third kappa shape index (κ3) is 4.17. The third-order valence-electron chi connectivity index (χ3n) is 2.90. The summed E-state index contributed by atoms with van der Waals surface area (Å²) in [7, 11) is 0. The Labute approximate surface area is 139 Å². The van der Waals surface area contributed by atoms with E-state index in [0.717, 1.165) is 16.6 Å². The minimum absolute atomic E-state index is 0.126. The van der Waals surface area contributed by atoms with Crippen LogP contribution in [0, 0.1) is 5.82 Å². The maximum atomic E-state index is 13.4. The highest BCUT2D eigenvalue weighted by Crippen LogP contribution is 2.26. The Morgan fingerprint density at radius 3 is 2.91 bits per heavy atom. The fourth-order valence-corrected chi connectivity index (χ4v) is 3.02. The molecular weight excluding hydrogens is 337 g/mol. The van der Waals surface area contributed by atoms with Crippen LogP contribution in [0.15, 0.2) is 51.4 Å². The molecule has 2 aromatic heterocycles. The molecule has 0 aliphatic rings. The van der Waals surface area contributed by atoms with Gasteiger partial charge in [0.15, 0.2) is 0 Å². The van der Waals surface area contributed by atoms with Crippen molar-refractivity contribution in [3.8, 4) is 10.8 Å². The van der Waals surface area contributed by atoms with Gasteiger partial charge in [0, 0.05) is 12.1 Å². The lowest BCUT2D eigenvalue weighted by atomic mass is 10.2. The molecule has 5 nitrogen and oxygen atoms in total. The molecule has 0 aliphatic carbocycles. The lowest BCUT2D eigenvalue weighted by Gasteiger charge is -2.05. The first kappa shape index (κ1) is 15.7. The highest BCUT2D eigenvalue weighted by atomic mass is 32.2. The highest BCUT2D eigenvalue weighted by Gasteiger charge is 2.12. The maximum absolute atomic E-state index is 13.4. The summed E-state index contributed by atoms with van der Waals surface area (Å²) in [5.41, 5.74) is 0.448. The van der Waals surface area contributed by atoms with Crippen LogP contribution in [0.3, 0.4) is 0 Å². The van der Waals surface area contributed by atoms with Gasteiger partial charge in [0.05, 0.1) is 10.6 Å². The van der Waals surface area contributed by atoms with Gasteiger partial charge in [0.2, 0.25) is 5.91 Å². The second-order valence-corrected chi connectivity index (χ2v) is 6.38. The number of hydrogen-bond acceptors (Lipinski definition) is 6. The van der Waals surface area contributed by atoms with E-state index in [-0.39, 0.29) is 24.0 Å². The molecule has 1 amide bonds. The zero-order chi connectivity index (χ0) is 16.1. The zero-order valence-electron chi connectivity index (χ0n) is 11.9. The van der Waals surface area contributed by atoms with Crippen molar-refractivity contribution in [2.45, 2.75) is 11.8 Å². The first-order valence-electron chi connectivity index (χ1n) is 6.72. The van der Waals surface area contributed by atoms with Crippen LogP contribution in [-0.4, -0.2) is 21.9 Å². The predicted octanol–water partition coefficient (Wildman–Crippen LogP) is 3.35. The summed E-state index contributed by atoms with van der Waals surface area (Å²) in [5, 5.41) is 12.7. The van der Waals surface area contributed by atoms with Crippen molar-refractivity contribution in [1.29, 1.82) is 0 Å². The van der Waals surface area contributed by atoms with Crippen molar-refractivity contribution in [2.24, 2.45) is 0 Å². The van der Waals surface area contributed by atoms with E-state index < -0.39 is 0 Å². The summed E-state index contributed by atoms with van der Waals surface area (Å²) in [6.07, 6.45) is 0. The Balaban J connectivity index is 1.49. The normalized spacial score (nSPS) is 10.7. The van der Waals surface area contributed by atoms with Crippen molar-refractivity contribution in [3.05, 3.63) is 53.2 Å². The van der Waals surface area contributed by atoms with Gasteiger partial charge in [-0.2, -0.15) is 0 Å². The van der Waals surface area contributed by atoms with E-state index in [1.165, 1.54) is 17.4 Å². The molecule has 2 heterocycles. The molecule has 1 aromatic carbocycles. The number of carbonyl (C=O) groups excluding carboxylic acids is 1. The van der Waals surface area contributed by atoms with Crippen molar-refractivity contribution < 1.29 is 13.6 Å². The molecule has 0 bridgehead atoms.